The van der Waals surface area contributed by atoms with E-state index in [1.54, 1.807) is 4.68 Å². The molecule has 3 aromatic rings. The summed E-state index contributed by atoms with van der Waals surface area (Å²) in [5, 5.41) is 15.4. The third-order valence-corrected chi connectivity index (χ3v) is 4.82. The second kappa shape index (κ2) is 8.62. The zero-order chi connectivity index (χ0) is 18.4. The molecule has 0 spiro atoms. The summed E-state index contributed by atoms with van der Waals surface area (Å²) in [7, 11) is 0. The van der Waals surface area contributed by atoms with Crippen molar-refractivity contribution in [2.24, 2.45) is 0 Å². The lowest BCUT2D eigenvalue weighted by Crippen LogP contribution is -2.16. The fourth-order valence-electron chi connectivity index (χ4n) is 2.59. The molecule has 0 aliphatic carbocycles. The van der Waals surface area contributed by atoms with E-state index >= 15 is 0 Å². The summed E-state index contributed by atoms with van der Waals surface area (Å²) >= 11 is 1.33. The number of thioether (sulfide) groups is 1. The Morgan fingerprint density at radius 1 is 1.12 bits per heavy atom. The summed E-state index contributed by atoms with van der Waals surface area (Å²) in [4.78, 5) is 12.3. The largest absolute Gasteiger partial charge is 0.325 e. The van der Waals surface area contributed by atoms with Crippen LogP contribution in [0.4, 0.5) is 5.69 Å². The first-order chi connectivity index (χ1) is 12.6. The Morgan fingerprint density at radius 2 is 1.85 bits per heavy atom. The molecule has 1 amide bonds. The van der Waals surface area contributed by atoms with Crippen molar-refractivity contribution in [3.63, 3.8) is 0 Å². The summed E-state index contributed by atoms with van der Waals surface area (Å²) in [6.45, 7) is 4.79. The Kier molecular flexibility index (Phi) is 6.01. The monoisotopic (exact) mass is 367 g/mol. The normalized spacial score (nSPS) is 10.9. The van der Waals surface area contributed by atoms with Gasteiger partial charge in [0, 0.05) is 5.69 Å². The van der Waals surface area contributed by atoms with Gasteiger partial charge in [-0.05, 0) is 33.5 Å². The zero-order valence-electron chi connectivity index (χ0n) is 14.8. The highest BCUT2D eigenvalue weighted by Crippen LogP contribution is 2.24. The molecule has 2 aromatic carbocycles. The molecule has 0 aliphatic rings. The van der Waals surface area contributed by atoms with Gasteiger partial charge in [0.25, 0.3) is 0 Å². The maximum atomic E-state index is 12.3. The van der Waals surface area contributed by atoms with E-state index in [-0.39, 0.29) is 11.7 Å². The number of benzene rings is 2. The standard InChI is InChI=1S/C19H21N5OS/c1-14(2)16-10-6-7-11-17(16)20-18(25)13-26-19-21-22-23-24(19)12-15-8-4-3-5-9-15/h3-11,14H,12-13H2,1-2H3,(H,20,25). The van der Waals surface area contributed by atoms with E-state index in [0.717, 1.165) is 16.8 Å². The maximum Gasteiger partial charge on any atom is 0.234 e. The van der Waals surface area contributed by atoms with Gasteiger partial charge in [0.05, 0.1) is 12.3 Å². The summed E-state index contributed by atoms with van der Waals surface area (Å²) in [6, 6.07) is 17.8. The van der Waals surface area contributed by atoms with Crippen molar-refractivity contribution in [3.05, 3.63) is 65.7 Å². The molecule has 0 saturated heterocycles. The number of rotatable bonds is 7. The van der Waals surface area contributed by atoms with Gasteiger partial charge in [-0.1, -0.05) is 74.1 Å². The highest BCUT2D eigenvalue weighted by atomic mass is 32.2. The molecule has 1 aromatic heterocycles. The van der Waals surface area contributed by atoms with Crippen molar-refractivity contribution in [3.8, 4) is 0 Å². The zero-order valence-corrected chi connectivity index (χ0v) is 15.6. The van der Waals surface area contributed by atoms with E-state index in [1.165, 1.54) is 11.8 Å². The first-order valence-corrected chi connectivity index (χ1v) is 9.43. The molecule has 3 rings (SSSR count). The van der Waals surface area contributed by atoms with Crippen LogP contribution in [0.15, 0.2) is 59.8 Å². The average molecular weight is 367 g/mol. The predicted molar refractivity (Wildman–Crippen MR) is 103 cm³/mol. The number of para-hydroxylation sites is 1. The smallest absolute Gasteiger partial charge is 0.234 e. The Balaban J connectivity index is 1.60. The van der Waals surface area contributed by atoms with Gasteiger partial charge in [-0.25, -0.2) is 4.68 Å². The van der Waals surface area contributed by atoms with E-state index in [9.17, 15) is 4.79 Å². The Labute approximate surface area is 157 Å². The molecule has 0 radical (unpaired) electrons. The topological polar surface area (TPSA) is 72.7 Å². The third-order valence-electron chi connectivity index (χ3n) is 3.86. The molecule has 1 heterocycles. The molecule has 0 bridgehead atoms. The molecular formula is C19H21N5OS. The van der Waals surface area contributed by atoms with Crippen molar-refractivity contribution in [1.29, 1.82) is 0 Å². The lowest BCUT2D eigenvalue weighted by molar-refractivity contribution is -0.113. The van der Waals surface area contributed by atoms with E-state index < -0.39 is 0 Å². The van der Waals surface area contributed by atoms with E-state index in [4.69, 9.17) is 0 Å². The number of nitrogens with one attached hydrogen (secondary N) is 1. The lowest BCUT2D eigenvalue weighted by atomic mass is 10.0. The van der Waals surface area contributed by atoms with E-state index in [0.29, 0.717) is 17.6 Å². The highest BCUT2D eigenvalue weighted by Gasteiger charge is 2.12. The Hall–Kier alpha value is -2.67. The average Bonchev–Trinajstić information content (AvgIpc) is 3.08. The van der Waals surface area contributed by atoms with Crippen LogP contribution in [0.2, 0.25) is 0 Å². The van der Waals surface area contributed by atoms with Gasteiger partial charge in [-0.2, -0.15) is 0 Å². The lowest BCUT2D eigenvalue weighted by Gasteiger charge is -2.13. The number of carbonyl (C=O) groups excluding carboxylic acids is 1. The molecule has 0 saturated carbocycles. The van der Waals surface area contributed by atoms with Crippen LogP contribution >= 0.6 is 11.8 Å². The second-order valence-electron chi connectivity index (χ2n) is 6.18. The maximum absolute atomic E-state index is 12.3. The van der Waals surface area contributed by atoms with Crippen LogP contribution in [-0.4, -0.2) is 31.9 Å². The van der Waals surface area contributed by atoms with Crippen LogP contribution in [0, 0.1) is 0 Å². The fraction of sp³-hybridized carbons (Fsp3) is 0.263. The molecule has 1 N–H and O–H groups in total. The molecule has 134 valence electrons. The number of aromatic nitrogens is 4. The first kappa shape index (κ1) is 18.1. The predicted octanol–water partition coefficient (Wildman–Crippen LogP) is 3.58. The van der Waals surface area contributed by atoms with Gasteiger partial charge >= 0.3 is 0 Å². The quantitative estimate of drug-likeness (QED) is 0.646. The third kappa shape index (κ3) is 4.70. The van der Waals surface area contributed by atoms with Crippen molar-refractivity contribution in [2.45, 2.75) is 31.5 Å². The molecular weight excluding hydrogens is 346 g/mol. The van der Waals surface area contributed by atoms with Crippen LogP contribution < -0.4 is 5.32 Å². The summed E-state index contributed by atoms with van der Waals surface area (Å²) in [6.07, 6.45) is 0. The summed E-state index contributed by atoms with van der Waals surface area (Å²) in [5.41, 5.74) is 3.09. The molecule has 0 unspecified atom stereocenters. The van der Waals surface area contributed by atoms with Gasteiger partial charge < -0.3 is 5.32 Å². The van der Waals surface area contributed by atoms with Gasteiger partial charge in [0.15, 0.2) is 0 Å². The SMILES string of the molecule is CC(C)c1ccccc1NC(=O)CSc1nnnn1Cc1ccccc1. The first-order valence-electron chi connectivity index (χ1n) is 8.45. The van der Waals surface area contributed by atoms with Crippen LogP contribution in [0.5, 0.6) is 0 Å². The van der Waals surface area contributed by atoms with Crippen molar-refractivity contribution < 1.29 is 4.79 Å². The number of hydrogen-bond donors (Lipinski definition) is 1. The van der Waals surface area contributed by atoms with Gasteiger partial charge in [-0.15, -0.1) is 5.10 Å². The molecule has 6 nitrogen and oxygen atoms in total. The second-order valence-corrected chi connectivity index (χ2v) is 7.13. The molecule has 7 heteroatoms. The highest BCUT2D eigenvalue weighted by molar-refractivity contribution is 7.99. The number of hydrogen-bond acceptors (Lipinski definition) is 5. The van der Waals surface area contributed by atoms with Crippen LogP contribution in [0.25, 0.3) is 0 Å². The molecule has 0 fully saturated rings. The van der Waals surface area contributed by atoms with Gasteiger partial charge in [0.2, 0.25) is 11.1 Å². The molecule has 0 aliphatic heterocycles. The number of tetrazole rings is 1. The van der Waals surface area contributed by atoms with Crippen LogP contribution in [0.3, 0.4) is 0 Å². The minimum atomic E-state index is -0.0719. The minimum Gasteiger partial charge on any atom is -0.325 e. The number of carbonyl (C=O) groups is 1. The van der Waals surface area contributed by atoms with E-state index in [2.05, 4.69) is 34.7 Å². The molecule has 26 heavy (non-hydrogen) atoms. The van der Waals surface area contributed by atoms with Crippen molar-refractivity contribution in [2.75, 3.05) is 11.1 Å². The summed E-state index contributed by atoms with van der Waals surface area (Å²) < 4.78 is 1.70. The number of nitrogens with zero attached hydrogens (tertiary/aromatic N) is 4. The number of amides is 1. The van der Waals surface area contributed by atoms with Crippen molar-refractivity contribution >= 4 is 23.4 Å². The molecule has 0 atom stereocenters. The Morgan fingerprint density at radius 3 is 2.62 bits per heavy atom. The van der Waals surface area contributed by atoms with Crippen molar-refractivity contribution in [1.82, 2.24) is 20.2 Å². The van der Waals surface area contributed by atoms with Crippen LogP contribution in [-0.2, 0) is 11.3 Å². The van der Waals surface area contributed by atoms with Crippen LogP contribution in [0.1, 0.15) is 30.9 Å². The van der Waals surface area contributed by atoms with Gasteiger partial charge in [0.1, 0.15) is 0 Å². The minimum absolute atomic E-state index is 0.0719. The summed E-state index contributed by atoms with van der Waals surface area (Å²) in [5.74, 6) is 0.524. The van der Waals surface area contributed by atoms with Gasteiger partial charge in [-0.3, -0.25) is 4.79 Å². The fourth-order valence-corrected chi connectivity index (χ4v) is 3.26. The Bertz CT molecular complexity index is 863. The van der Waals surface area contributed by atoms with E-state index in [1.807, 2.05) is 54.6 Å². The number of anilines is 1.